The van der Waals surface area contributed by atoms with Crippen LogP contribution in [-0.2, 0) is 6.54 Å². The molecule has 2 rings (SSSR count). The Labute approximate surface area is 124 Å². The molecule has 0 unspecified atom stereocenters. The third kappa shape index (κ3) is 3.61. The number of aryl methyl sites for hydroxylation is 1. The molecule has 0 aliphatic rings. The van der Waals surface area contributed by atoms with Crippen LogP contribution >= 0.6 is 11.3 Å². The van der Waals surface area contributed by atoms with Gasteiger partial charge in [-0.05, 0) is 54.8 Å². The van der Waals surface area contributed by atoms with E-state index in [9.17, 15) is 4.79 Å². The van der Waals surface area contributed by atoms with Crippen LogP contribution in [0, 0.1) is 6.92 Å². The van der Waals surface area contributed by atoms with Crippen molar-refractivity contribution in [3.8, 4) is 0 Å². The Morgan fingerprint density at radius 1 is 1.25 bits per heavy atom. The van der Waals surface area contributed by atoms with Gasteiger partial charge in [-0.25, -0.2) is 0 Å². The maximum atomic E-state index is 12.3. The van der Waals surface area contributed by atoms with Crippen molar-refractivity contribution >= 4 is 22.9 Å². The van der Waals surface area contributed by atoms with E-state index in [2.05, 4.69) is 42.2 Å². The van der Waals surface area contributed by atoms with Crippen LogP contribution in [0.15, 0.2) is 35.0 Å². The van der Waals surface area contributed by atoms with Gasteiger partial charge in [-0.1, -0.05) is 12.1 Å². The van der Waals surface area contributed by atoms with Gasteiger partial charge >= 0.3 is 0 Å². The van der Waals surface area contributed by atoms with Gasteiger partial charge in [0.1, 0.15) is 0 Å². The molecular weight excluding hydrogens is 268 g/mol. The second kappa shape index (κ2) is 6.57. The predicted molar refractivity (Wildman–Crippen MR) is 85.4 cm³/mol. The van der Waals surface area contributed by atoms with E-state index >= 15 is 0 Å². The molecule has 0 saturated heterocycles. The number of rotatable bonds is 5. The lowest BCUT2D eigenvalue weighted by atomic mass is 10.1. The Morgan fingerprint density at radius 3 is 2.65 bits per heavy atom. The first-order valence-electron chi connectivity index (χ1n) is 6.73. The zero-order valence-corrected chi connectivity index (χ0v) is 12.9. The minimum absolute atomic E-state index is 0.0423. The molecule has 0 aliphatic carbocycles. The topological polar surface area (TPSA) is 41.1 Å². The molecule has 2 aromatic rings. The van der Waals surface area contributed by atoms with Crippen LogP contribution in [0.3, 0.4) is 0 Å². The second-order valence-corrected chi connectivity index (χ2v) is 5.85. The number of nitrogens with one attached hydrogen (secondary N) is 2. The highest BCUT2D eigenvalue weighted by Gasteiger charge is 2.11. The SMILES string of the molecule is Cc1cscc1CNC(=O)c1ccccc1NC(C)C. The van der Waals surface area contributed by atoms with E-state index in [4.69, 9.17) is 0 Å². The van der Waals surface area contributed by atoms with Crippen molar-refractivity contribution in [1.82, 2.24) is 5.32 Å². The summed E-state index contributed by atoms with van der Waals surface area (Å²) in [6.07, 6.45) is 0. The van der Waals surface area contributed by atoms with Crippen LogP contribution in [0.2, 0.25) is 0 Å². The third-order valence-electron chi connectivity index (χ3n) is 3.02. The zero-order chi connectivity index (χ0) is 14.5. The van der Waals surface area contributed by atoms with Gasteiger partial charge in [0.15, 0.2) is 0 Å². The monoisotopic (exact) mass is 288 g/mol. The van der Waals surface area contributed by atoms with Crippen molar-refractivity contribution in [2.75, 3.05) is 5.32 Å². The Kier molecular flexibility index (Phi) is 4.79. The summed E-state index contributed by atoms with van der Waals surface area (Å²) in [5, 5.41) is 10.5. The van der Waals surface area contributed by atoms with Gasteiger partial charge in [0.25, 0.3) is 5.91 Å². The van der Waals surface area contributed by atoms with Crippen LogP contribution in [0.25, 0.3) is 0 Å². The van der Waals surface area contributed by atoms with E-state index in [-0.39, 0.29) is 5.91 Å². The quantitative estimate of drug-likeness (QED) is 0.878. The highest BCUT2D eigenvalue weighted by molar-refractivity contribution is 7.08. The molecule has 0 spiro atoms. The predicted octanol–water partition coefficient (Wildman–Crippen LogP) is 3.81. The third-order valence-corrected chi connectivity index (χ3v) is 3.93. The number of benzene rings is 1. The molecule has 0 radical (unpaired) electrons. The normalized spacial score (nSPS) is 10.6. The van der Waals surface area contributed by atoms with Gasteiger partial charge in [0.2, 0.25) is 0 Å². The lowest BCUT2D eigenvalue weighted by Crippen LogP contribution is -2.24. The summed E-state index contributed by atoms with van der Waals surface area (Å²) in [7, 11) is 0. The number of anilines is 1. The van der Waals surface area contributed by atoms with Crippen molar-refractivity contribution in [3.63, 3.8) is 0 Å². The molecule has 0 fully saturated rings. The van der Waals surface area contributed by atoms with Crippen molar-refractivity contribution in [3.05, 3.63) is 51.7 Å². The fourth-order valence-corrected chi connectivity index (χ4v) is 2.81. The molecule has 1 aromatic heterocycles. The van der Waals surface area contributed by atoms with Crippen LogP contribution in [0.4, 0.5) is 5.69 Å². The van der Waals surface area contributed by atoms with Gasteiger partial charge < -0.3 is 10.6 Å². The smallest absolute Gasteiger partial charge is 0.253 e. The van der Waals surface area contributed by atoms with Crippen LogP contribution in [0.5, 0.6) is 0 Å². The summed E-state index contributed by atoms with van der Waals surface area (Å²) in [6, 6.07) is 7.90. The molecule has 0 bridgehead atoms. The zero-order valence-electron chi connectivity index (χ0n) is 12.1. The molecule has 4 heteroatoms. The van der Waals surface area contributed by atoms with Gasteiger partial charge in [-0.3, -0.25) is 4.79 Å². The summed E-state index contributed by atoms with van der Waals surface area (Å²) in [5.41, 5.74) is 3.97. The number of carbonyl (C=O) groups is 1. The Hall–Kier alpha value is -1.81. The first-order valence-corrected chi connectivity index (χ1v) is 7.67. The van der Waals surface area contributed by atoms with E-state index < -0.39 is 0 Å². The average Bonchev–Trinajstić information content (AvgIpc) is 2.81. The molecule has 1 amide bonds. The number of hydrogen-bond acceptors (Lipinski definition) is 3. The molecule has 0 saturated carbocycles. The van der Waals surface area contributed by atoms with Gasteiger partial charge in [-0.2, -0.15) is 11.3 Å². The van der Waals surface area contributed by atoms with E-state index in [1.165, 1.54) is 11.1 Å². The standard InChI is InChI=1S/C16H20N2OS/c1-11(2)18-15-7-5-4-6-14(15)16(19)17-8-13-10-20-9-12(13)3/h4-7,9-11,18H,8H2,1-3H3,(H,17,19). The van der Waals surface area contributed by atoms with E-state index in [0.717, 1.165) is 5.69 Å². The molecule has 0 aliphatic heterocycles. The van der Waals surface area contributed by atoms with Crippen LogP contribution < -0.4 is 10.6 Å². The Bertz CT molecular complexity index is 590. The number of amides is 1. The summed E-state index contributed by atoms with van der Waals surface area (Å²) < 4.78 is 0. The summed E-state index contributed by atoms with van der Waals surface area (Å²) in [5.74, 6) is -0.0423. The molecule has 20 heavy (non-hydrogen) atoms. The maximum absolute atomic E-state index is 12.3. The van der Waals surface area contributed by atoms with Gasteiger partial charge in [0, 0.05) is 18.3 Å². The van der Waals surface area contributed by atoms with Crippen molar-refractivity contribution in [2.45, 2.75) is 33.4 Å². The lowest BCUT2D eigenvalue weighted by molar-refractivity contribution is 0.0951. The van der Waals surface area contributed by atoms with Crippen molar-refractivity contribution < 1.29 is 4.79 Å². The maximum Gasteiger partial charge on any atom is 0.253 e. The first kappa shape index (κ1) is 14.6. The molecule has 0 atom stereocenters. The van der Waals surface area contributed by atoms with E-state index in [0.29, 0.717) is 18.2 Å². The van der Waals surface area contributed by atoms with Gasteiger partial charge in [-0.15, -0.1) is 0 Å². The van der Waals surface area contributed by atoms with E-state index in [1.54, 1.807) is 11.3 Å². The lowest BCUT2D eigenvalue weighted by Gasteiger charge is -2.14. The summed E-state index contributed by atoms with van der Waals surface area (Å²) in [4.78, 5) is 12.3. The minimum Gasteiger partial charge on any atom is -0.382 e. The minimum atomic E-state index is -0.0423. The Balaban J connectivity index is 2.07. The number of thiophene rings is 1. The molecule has 2 N–H and O–H groups in total. The molecule has 3 nitrogen and oxygen atoms in total. The second-order valence-electron chi connectivity index (χ2n) is 5.11. The molecule has 1 aromatic carbocycles. The molecule has 106 valence electrons. The Morgan fingerprint density at radius 2 is 2.00 bits per heavy atom. The first-order chi connectivity index (χ1) is 9.58. The number of para-hydroxylation sites is 1. The van der Waals surface area contributed by atoms with Crippen molar-refractivity contribution in [2.24, 2.45) is 0 Å². The fourth-order valence-electron chi connectivity index (χ4n) is 1.96. The average molecular weight is 288 g/mol. The number of carbonyl (C=O) groups excluding carboxylic acids is 1. The highest BCUT2D eigenvalue weighted by Crippen LogP contribution is 2.17. The van der Waals surface area contributed by atoms with Crippen LogP contribution in [-0.4, -0.2) is 11.9 Å². The van der Waals surface area contributed by atoms with Gasteiger partial charge in [0.05, 0.1) is 5.56 Å². The largest absolute Gasteiger partial charge is 0.382 e. The summed E-state index contributed by atoms with van der Waals surface area (Å²) in [6.45, 7) is 6.75. The number of hydrogen-bond donors (Lipinski definition) is 2. The summed E-state index contributed by atoms with van der Waals surface area (Å²) >= 11 is 1.66. The molecular formula is C16H20N2OS. The van der Waals surface area contributed by atoms with E-state index in [1.807, 2.05) is 24.3 Å². The fraction of sp³-hybridized carbons (Fsp3) is 0.312. The highest BCUT2D eigenvalue weighted by atomic mass is 32.1. The van der Waals surface area contributed by atoms with Crippen molar-refractivity contribution in [1.29, 1.82) is 0 Å². The van der Waals surface area contributed by atoms with Crippen LogP contribution in [0.1, 0.15) is 35.3 Å². The molecule has 1 heterocycles.